The van der Waals surface area contributed by atoms with Crippen LogP contribution in [0.25, 0.3) is 11.1 Å². The van der Waals surface area contributed by atoms with Gasteiger partial charge in [0.15, 0.2) is 0 Å². The van der Waals surface area contributed by atoms with Crippen molar-refractivity contribution in [2.45, 2.75) is 62.8 Å². The zero-order chi connectivity index (χ0) is 29.7. The number of halogens is 3. The summed E-state index contributed by atoms with van der Waals surface area (Å²) < 4.78 is 45.8. The van der Waals surface area contributed by atoms with Crippen molar-refractivity contribution < 1.29 is 27.6 Å². The van der Waals surface area contributed by atoms with E-state index in [0.29, 0.717) is 44.7 Å². The van der Waals surface area contributed by atoms with Crippen LogP contribution in [0.4, 0.5) is 24.5 Å². The number of benzene rings is 3. The summed E-state index contributed by atoms with van der Waals surface area (Å²) in [5.41, 5.74) is 1.65. The third kappa shape index (κ3) is 7.28. The molecule has 1 heterocycles. The van der Waals surface area contributed by atoms with Crippen LogP contribution in [0.1, 0.15) is 55.6 Å². The summed E-state index contributed by atoms with van der Waals surface area (Å²) in [5.74, 6) is 0.407. The molecule has 3 aromatic rings. The lowest BCUT2D eigenvalue weighted by Gasteiger charge is -2.33. The number of alkyl halides is 3. The van der Waals surface area contributed by atoms with Gasteiger partial charge in [0.05, 0.1) is 11.0 Å². The molecular formula is C32H34F3N3O4. The number of nitro benzene ring substituents is 1. The second-order valence-electron chi connectivity index (χ2n) is 11.1. The molecule has 3 aromatic carbocycles. The largest absolute Gasteiger partial charge is 0.423 e. The van der Waals surface area contributed by atoms with Crippen LogP contribution in [0, 0.1) is 10.1 Å². The molecule has 5 rings (SSSR count). The van der Waals surface area contributed by atoms with Gasteiger partial charge < -0.3 is 15.0 Å². The van der Waals surface area contributed by atoms with E-state index >= 15 is 0 Å². The van der Waals surface area contributed by atoms with E-state index in [-0.39, 0.29) is 30.3 Å². The van der Waals surface area contributed by atoms with Crippen molar-refractivity contribution in [3.05, 3.63) is 94.0 Å². The first-order chi connectivity index (χ1) is 20.2. The highest BCUT2D eigenvalue weighted by Crippen LogP contribution is 2.38. The third-order valence-corrected chi connectivity index (χ3v) is 8.32. The molecule has 1 aliphatic carbocycles. The first-order valence-corrected chi connectivity index (χ1v) is 14.3. The number of nitrogens with zero attached hydrogens (tertiary/aromatic N) is 2. The van der Waals surface area contributed by atoms with Gasteiger partial charge in [-0.2, -0.15) is 13.2 Å². The number of likely N-dealkylation sites (tertiary alicyclic amines) is 1. The molecule has 0 bridgehead atoms. The fourth-order valence-electron chi connectivity index (χ4n) is 5.94. The monoisotopic (exact) mass is 581 g/mol. The lowest BCUT2D eigenvalue weighted by Crippen LogP contribution is -2.41. The molecule has 0 radical (unpaired) electrons. The van der Waals surface area contributed by atoms with E-state index in [1.54, 1.807) is 0 Å². The van der Waals surface area contributed by atoms with Crippen molar-refractivity contribution in [3.63, 3.8) is 0 Å². The molecule has 0 spiro atoms. The molecule has 1 N–H and O–H groups in total. The fraction of sp³-hybridized carbons (Fsp3) is 0.406. The van der Waals surface area contributed by atoms with E-state index in [2.05, 4.69) is 41.7 Å². The molecule has 1 saturated carbocycles. The van der Waals surface area contributed by atoms with E-state index in [1.807, 2.05) is 23.1 Å². The lowest BCUT2D eigenvalue weighted by atomic mass is 9.88. The minimum absolute atomic E-state index is 0.0151. The maximum absolute atomic E-state index is 13.3. The number of piperidine rings is 1. The molecule has 1 amide bonds. The van der Waals surface area contributed by atoms with Crippen LogP contribution < -0.4 is 5.32 Å². The zero-order valence-corrected chi connectivity index (χ0v) is 23.2. The minimum Gasteiger partial charge on any atom is -0.382 e. The number of nitro groups is 1. The van der Waals surface area contributed by atoms with Crippen LogP contribution in [0.5, 0.6) is 0 Å². The Labute approximate surface area is 242 Å². The summed E-state index contributed by atoms with van der Waals surface area (Å²) >= 11 is 0. The van der Waals surface area contributed by atoms with Crippen LogP contribution in [0.15, 0.2) is 72.8 Å². The number of hydrogen-bond donors (Lipinski definition) is 1. The number of anilines is 1. The molecule has 0 atom stereocenters. The lowest BCUT2D eigenvalue weighted by molar-refractivity contribution is -0.388. The number of hydrogen-bond acceptors (Lipinski definition) is 5. The van der Waals surface area contributed by atoms with E-state index in [1.165, 1.54) is 22.8 Å². The number of carbonyl (C=O) groups excluding carboxylic acids is 1. The van der Waals surface area contributed by atoms with Gasteiger partial charge >= 0.3 is 6.18 Å². The fourth-order valence-corrected chi connectivity index (χ4v) is 5.94. The summed E-state index contributed by atoms with van der Waals surface area (Å²) in [7, 11) is 0. The summed E-state index contributed by atoms with van der Waals surface area (Å²) in [4.78, 5) is 24.7. The summed E-state index contributed by atoms with van der Waals surface area (Å²) in [5, 5.41) is 14.1. The number of amides is 1. The normalized spacial score (nSPS) is 19.8. The van der Waals surface area contributed by atoms with Crippen molar-refractivity contribution in [2.75, 3.05) is 25.0 Å². The van der Waals surface area contributed by atoms with Gasteiger partial charge in [-0.25, -0.2) is 0 Å². The molecular weight excluding hydrogens is 547 g/mol. The maximum Gasteiger partial charge on any atom is 0.423 e. The third-order valence-electron chi connectivity index (χ3n) is 8.32. The van der Waals surface area contributed by atoms with Gasteiger partial charge in [0.25, 0.3) is 5.69 Å². The smallest absolute Gasteiger partial charge is 0.382 e. The molecule has 0 aromatic heterocycles. The van der Waals surface area contributed by atoms with Gasteiger partial charge in [-0.1, -0.05) is 54.6 Å². The molecule has 2 aliphatic rings. The number of carbonyl (C=O) groups is 1. The highest BCUT2D eigenvalue weighted by atomic mass is 19.4. The van der Waals surface area contributed by atoms with Gasteiger partial charge in [-0.05, 0) is 73.3 Å². The van der Waals surface area contributed by atoms with Gasteiger partial charge in [-0.3, -0.25) is 14.9 Å². The van der Waals surface area contributed by atoms with Crippen molar-refractivity contribution in [1.82, 2.24) is 4.90 Å². The maximum atomic E-state index is 13.3. The SMILES string of the molecule is O=C(COC1CCC(Nc2ccc([N+](=O)[O-])c(C(F)(F)F)c2)CC1)N1CCC(c2ccc(-c3ccccc3)cc2)CC1. The molecule has 42 heavy (non-hydrogen) atoms. The molecule has 222 valence electrons. The van der Waals surface area contributed by atoms with Crippen molar-refractivity contribution in [3.8, 4) is 11.1 Å². The highest BCUT2D eigenvalue weighted by Gasteiger charge is 2.38. The standard InChI is InChI=1S/C32H34F3N3O4/c33-32(34,35)29-20-27(12-15-30(29)38(40)41)36-26-10-13-28(14-11-26)42-21-31(39)37-18-16-25(17-19-37)24-8-6-23(7-9-24)22-4-2-1-3-5-22/h1-9,12,15,20,25-26,28,36H,10-11,13-14,16-19,21H2. The van der Waals surface area contributed by atoms with Gasteiger partial charge in [-0.15, -0.1) is 0 Å². The Kier molecular flexibility index (Phi) is 9.11. The Hall–Kier alpha value is -3.92. The molecule has 1 aliphatic heterocycles. The molecule has 0 unspecified atom stereocenters. The quantitative estimate of drug-likeness (QED) is 0.221. The minimum atomic E-state index is -4.82. The molecule has 7 nitrogen and oxygen atoms in total. The van der Waals surface area contributed by atoms with Crippen LogP contribution in [0.3, 0.4) is 0 Å². The average Bonchev–Trinajstić information content (AvgIpc) is 3.00. The number of ether oxygens (including phenoxy) is 1. The summed E-state index contributed by atoms with van der Waals surface area (Å²) in [6.45, 7) is 1.41. The zero-order valence-electron chi connectivity index (χ0n) is 23.2. The van der Waals surface area contributed by atoms with Gasteiger partial charge in [0, 0.05) is 30.9 Å². The van der Waals surface area contributed by atoms with Crippen LogP contribution in [0.2, 0.25) is 0 Å². The predicted molar refractivity (Wildman–Crippen MR) is 154 cm³/mol. The Morgan fingerprint density at radius 3 is 2.17 bits per heavy atom. The Bertz CT molecular complexity index is 1370. The van der Waals surface area contributed by atoms with Gasteiger partial charge in [0.1, 0.15) is 12.2 Å². The van der Waals surface area contributed by atoms with E-state index in [9.17, 15) is 28.1 Å². The molecule has 2 fully saturated rings. The van der Waals surface area contributed by atoms with Gasteiger partial charge in [0.2, 0.25) is 5.91 Å². The highest BCUT2D eigenvalue weighted by molar-refractivity contribution is 5.77. The van der Waals surface area contributed by atoms with Crippen LogP contribution in [-0.4, -0.2) is 47.6 Å². The first kappa shape index (κ1) is 29.6. The number of nitrogens with one attached hydrogen (secondary N) is 1. The van der Waals surface area contributed by atoms with Crippen LogP contribution in [-0.2, 0) is 15.7 Å². The summed E-state index contributed by atoms with van der Waals surface area (Å²) in [6.07, 6.45) is -0.428. The first-order valence-electron chi connectivity index (χ1n) is 14.3. The molecule has 1 saturated heterocycles. The van der Waals surface area contributed by atoms with E-state index in [4.69, 9.17) is 4.74 Å². The second kappa shape index (κ2) is 12.9. The Balaban J connectivity index is 1.04. The molecule has 10 heteroatoms. The Morgan fingerprint density at radius 2 is 1.55 bits per heavy atom. The van der Waals surface area contributed by atoms with Crippen molar-refractivity contribution in [1.29, 1.82) is 0 Å². The second-order valence-corrected chi connectivity index (χ2v) is 11.1. The Morgan fingerprint density at radius 1 is 0.905 bits per heavy atom. The average molecular weight is 582 g/mol. The van der Waals surface area contributed by atoms with Crippen molar-refractivity contribution in [2.24, 2.45) is 0 Å². The van der Waals surface area contributed by atoms with Crippen LogP contribution >= 0.6 is 0 Å². The van der Waals surface area contributed by atoms with Crippen molar-refractivity contribution >= 4 is 17.3 Å². The topological polar surface area (TPSA) is 84.7 Å². The number of rotatable bonds is 8. The van der Waals surface area contributed by atoms with E-state index in [0.717, 1.165) is 25.0 Å². The van der Waals surface area contributed by atoms with E-state index < -0.39 is 22.4 Å². The summed E-state index contributed by atoms with van der Waals surface area (Å²) in [6, 6.07) is 21.9. The predicted octanol–water partition coefficient (Wildman–Crippen LogP) is 7.43.